The van der Waals surface area contributed by atoms with Crippen LogP contribution in [-0.2, 0) is 11.3 Å². The number of rotatable bonds is 5. The summed E-state index contributed by atoms with van der Waals surface area (Å²) in [5.74, 6) is 1.20. The van der Waals surface area contributed by atoms with Crippen LogP contribution >= 0.6 is 11.3 Å². The standard InChI is InChI=1S/C16H17N5O4S/c1-8-5-12(11(4)25-8)13-7-26-16(17-13)18-14(22)6-20-10(3)15(21(23)24)9(2)19-20/h5,7H,6H2,1-4H3,(H,17,18,22). The van der Waals surface area contributed by atoms with E-state index in [-0.39, 0.29) is 23.8 Å². The third-order valence-electron chi connectivity index (χ3n) is 3.89. The largest absolute Gasteiger partial charge is 0.466 e. The quantitative estimate of drug-likeness (QED) is 0.540. The summed E-state index contributed by atoms with van der Waals surface area (Å²) in [7, 11) is 0. The van der Waals surface area contributed by atoms with Crippen LogP contribution in [0, 0.1) is 37.8 Å². The molecule has 0 atom stereocenters. The SMILES string of the molecule is Cc1cc(-c2csc(NC(=O)Cn3nc(C)c([N+](=O)[O-])c3C)n2)c(C)o1. The molecular weight excluding hydrogens is 358 g/mol. The highest BCUT2D eigenvalue weighted by molar-refractivity contribution is 7.14. The Balaban J connectivity index is 1.73. The summed E-state index contributed by atoms with van der Waals surface area (Å²) in [6.07, 6.45) is 0. The lowest BCUT2D eigenvalue weighted by Crippen LogP contribution is -2.20. The van der Waals surface area contributed by atoms with E-state index < -0.39 is 4.92 Å². The minimum Gasteiger partial charge on any atom is -0.466 e. The Hall–Kier alpha value is -3.01. The summed E-state index contributed by atoms with van der Waals surface area (Å²) >= 11 is 1.30. The van der Waals surface area contributed by atoms with Gasteiger partial charge in [0.05, 0.1) is 10.6 Å². The molecule has 3 rings (SSSR count). The fourth-order valence-corrected chi connectivity index (χ4v) is 3.47. The Kier molecular flexibility index (Phi) is 4.60. The van der Waals surface area contributed by atoms with Crippen molar-refractivity contribution in [2.75, 3.05) is 5.32 Å². The molecule has 0 saturated carbocycles. The zero-order valence-electron chi connectivity index (χ0n) is 14.7. The molecule has 3 aromatic heterocycles. The van der Waals surface area contributed by atoms with Gasteiger partial charge in [0.1, 0.15) is 29.5 Å². The van der Waals surface area contributed by atoms with E-state index >= 15 is 0 Å². The van der Waals surface area contributed by atoms with Gasteiger partial charge in [0.25, 0.3) is 0 Å². The maximum absolute atomic E-state index is 12.2. The molecular formula is C16H17N5O4S. The van der Waals surface area contributed by atoms with Crippen LogP contribution in [0.3, 0.4) is 0 Å². The number of nitro groups is 1. The molecule has 0 aliphatic rings. The first-order chi connectivity index (χ1) is 12.3. The molecule has 26 heavy (non-hydrogen) atoms. The molecule has 3 heterocycles. The van der Waals surface area contributed by atoms with Crippen LogP contribution < -0.4 is 5.32 Å². The number of hydrogen-bond donors (Lipinski definition) is 1. The van der Waals surface area contributed by atoms with E-state index in [9.17, 15) is 14.9 Å². The molecule has 0 aromatic carbocycles. The van der Waals surface area contributed by atoms with E-state index in [2.05, 4.69) is 15.4 Å². The summed E-state index contributed by atoms with van der Waals surface area (Å²) in [5, 5.41) is 20.1. The molecule has 10 heteroatoms. The molecule has 1 N–H and O–H groups in total. The third kappa shape index (κ3) is 3.36. The maximum atomic E-state index is 12.2. The van der Waals surface area contributed by atoms with E-state index in [1.54, 1.807) is 13.8 Å². The number of hydrogen-bond acceptors (Lipinski definition) is 7. The molecule has 0 spiro atoms. The number of aryl methyl sites for hydroxylation is 3. The van der Waals surface area contributed by atoms with Gasteiger partial charge in [0.2, 0.25) is 5.91 Å². The molecule has 0 unspecified atom stereocenters. The number of aromatic nitrogens is 3. The van der Waals surface area contributed by atoms with Gasteiger partial charge in [-0.25, -0.2) is 4.98 Å². The second kappa shape index (κ2) is 6.71. The van der Waals surface area contributed by atoms with E-state index in [0.29, 0.717) is 10.8 Å². The second-order valence-electron chi connectivity index (χ2n) is 5.85. The van der Waals surface area contributed by atoms with Gasteiger partial charge in [-0.3, -0.25) is 19.6 Å². The second-order valence-corrected chi connectivity index (χ2v) is 6.71. The van der Waals surface area contributed by atoms with Gasteiger partial charge in [-0.1, -0.05) is 0 Å². The van der Waals surface area contributed by atoms with E-state index in [0.717, 1.165) is 22.8 Å². The van der Waals surface area contributed by atoms with Crippen LogP contribution in [0.4, 0.5) is 10.8 Å². The van der Waals surface area contributed by atoms with Crippen LogP contribution in [0.25, 0.3) is 11.3 Å². The number of anilines is 1. The Morgan fingerprint density at radius 3 is 2.69 bits per heavy atom. The maximum Gasteiger partial charge on any atom is 0.312 e. The summed E-state index contributed by atoms with van der Waals surface area (Å²) in [4.78, 5) is 27.2. The van der Waals surface area contributed by atoms with Gasteiger partial charge in [0.15, 0.2) is 5.13 Å². The number of thiazole rings is 1. The molecule has 1 amide bonds. The van der Waals surface area contributed by atoms with Gasteiger partial charge in [-0.15, -0.1) is 11.3 Å². The zero-order chi connectivity index (χ0) is 19.0. The lowest BCUT2D eigenvalue weighted by molar-refractivity contribution is -0.386. The molecule has 3 aromatic rings. The van der Waals surface area contributed by atoms with Crippen molar-refractivity contribution in [3.63, 3.8) is 0 Å². The first-order valence-corrected chi connectivity index (χ1v) is 8.65. The van der Waals surface area contributed by atoms with Gasteiger partial charge in [-0.05, 0) is 33.8 Å². The van der Waals surface area contributed by atoms with Gasteiger partial charge in [-0.2, -0.15) is 5.10 Å². The molecule has 0 radical (unpaired) electrons. The third-order valence-corrected chi connectivity index (χ3v) is 4.64. The highest BCUT2D eigenvalue weighted by Gasteiger charge is 2.23. The van der Waals surface area contributed by atoms with Crippen molar-refractivity contribution in [1.29, 1.82) is 0 Å². The fraction of sp³-hybridized carbons (Fsp3) is 0.312. The molecule has 0 bridgehead atoms. The molecule has 0 aliphatic heterocycles. The van der Waals surface area contributed by atoms with Crippen LogP contribution in [0.5, 0.6) is 0 Å². The highest BCUT2D eigenvalue weighted by Crippen LogP contribution is 2.29. The minimum atomic E-state index is -0.492. The number of carbonyl (C=O) groups is 1. The van der Waals surface area contributed by atoms with Gasteiger partial charge in [0, 0.05) is 10.9 Å². The summed E-state index contributed by atoms with van der Waals surface area (Å²) in [6.45, 7) is 6.70. The Labute approximate surface area is 152 Å². The molecule has 9 nitrogen and oxygen atoms in total. The van der Waals surface area contributed by atoms with Crippen molar-refractivity contribution >= 4 is 28.1 Å². The topological polar surface area (TPSA) is 116 Å². The van der Waals surface area contributed by atoms with E-state index in [1.807, 2.05) is 25.3 Å². The monoisotopic (exact) mass is 375 g/mol. The number of carbonyl (C=O) groups excluding carboxylic acids is 1. The zero-order valence-corrected chi connectivity index (χ0v) is 15.5. The summed E-state index contributed by atoms with van der Waals surface area (Å²) in [6, 6.07) is 1.89. The van der Waals surface area contributed by atoms with Crippen molar-refractivity contribution < 1.29 is 14.1 Å². The summed E-state index contributed by atoms with van der Waals surface area (Å²) in [5.41, 5.74) is 2.16. The fourth-order valence-electron chi connectivity index (χ4n) is 2.74. The molecule has 0 fully saturated rings. The smallest absolute Gasteiger partial charge is 0.312 e. The normalized spacial score (nSPS) is 10.9. The lowest BCUT2D eigenvalue weighted by Gasteiger charge is -2.03. The van der Waals surface area contributed by atoms with Crippen molar-refractivity contribution in [3.8, 4) is 11.3 Å². The molecule has 136 valence electrons. The van der Waals surface area contributed by atoms with Gasteiger partial charge >= 0.3 is 5.69 Å². The molecule has 0 aliphatic carbocycles. The van der Waals surface area contributed by atoms with Crippen LogP contribution in [0.15, 0.2) is 15.9 Å². The number of nitrogens with zero attached hydrogens (tertiary/aromatic N) is 4. The van der Waals surface area contributed by atoms with Crippen molar-refractivity contribution in [1.82, 2.24) is 14.8 Å². The average Bonchev–Trinajstić information content (AvgIpc) is 3.18. The highest BCUT2D eigenvalue weighted by atomic mass is 32.1. The van der Waals surface area contributed by atoms with Crippen LogP contribution in [0.2, 0.25) is 0 Å². The predicted molar refractivity (Wildman–Crippen MR) is 96.3 cm³/mol. The van der Waals surface area contributed by atoms with E-state index in [1.165, 1.54) is 16.0 Å². The van der Waals surface area contributed by atoms with Crippen LogP contribution in [-0.4, -0.2) is 25.6 Å². The first-order valence-electron chi connectivity index (χ1n) is 7.77. The first kappa shape index (κ1) is 17.8. The van der Waals surface area contributed by atoms with E-state index in [4.69, 9.17) is 4.42 Å². The van der Waals surface area contributed by atoms with Crippen molar-refractivity contribution in [2.45, 2.75) is 34.2 Å². The number of furan rings is 1. The van der Waals surface area contributed by atoms with Crippen LogP contribution in [0.1, 0.15) is 22.9 Å². The lowest BCUT2D eigenvalue weighted by atomic mass is 10.2. The minimum absolute atomic E-state index is 0.0693. The van der Waals surface area contributed by atoms with Gasteiger partial charge < -0.3 is 9.73 Å². The Morgan fingerprint density at radius 1 is 1.38 bits per heavy atom. The Bertz CT molecular complexity index is 1000. The Morgan fingerprint density at radius 2 is 2.12 bits per heavy atom. The summed E-state index contributed by atoms with van der Waals surface area (Å²) < 4.78 is 6.82. The molecule has 0 saturated heterocycles. The number of amides is 1. The van der Waals surface area contributed by atoms with Crippen molar-refractivity contribution in [2.24, 2.45) is 0 Å². The predicted octanol–water partition coefficient (Wildman–Crippen LogP) is 3.38. The average molecular weight is 375 g/mol. The van der Waals surface area contributed by atoms with Crippen molar-refractivity contribution in [3.05, 3.63) is 44.5 Å². The number of nitrogens with one attached hydrogen (secondary N) is 1.